The molecule has 5 nitrogen and oxygen atoms in total. The van der Waals surface area contributed by atoms with Crippen LogP contribution in [-0.4, -0.2) is 23.3 Å². The number of nitrogens with one attached hydrogen (secondary N) is 1. The zero-order chi connectivity index (χ0) is 19.7. The zero-order valence-corrected chi connectivity index (χ0v) is 15.4. The highest BCUT2D eigenvalue weighted by Gasteiger charge is 2.36. The highest BCUT2D eigenvalue weighted by molar-refractivity contribution is 7.14. The molecule has 2 heterocycles. The zero-order valence-electron chi connectivity index (χ0n) is 14.6. The topological polar surface area (TPSA) is 62.3 Å². The number of para-hydroxylation sites is 1. The van der Waals surface area contributed by atoms with Crippen molar-refractivity contribution in [2.24, 2.45) is 5.92 Å². The molecule has 1 atom stereocenters. The fraction of sp³-hybridized carbons (Fsp3) is 0.150. The average molecular weight is 399 g/mol. The van der Waals surface area contributed by atoms with E-state index in [0.717, 1.165) is 5.56 Å². The molecule has 1 aliphatic heterocycles. The number of aromatic nitrogens is 1. The van der Waals surface area contributed by atoms with Crippen LogP contribution < -0.4 is 10.2 Å². The normalized spacial score (nSPS) is 16.4. The maximum atomic E-state index is 14.0. The lowest BCUT2D eigenvalue weighted by Gasteiger charge is -2.17. The Morgan fingerprint density at radius 1 is 1.14 bits per heavy atom. The van der Waals surface area contributed by atoms with Gasteiger partial charge < -0.3 is 10.2 Å². The Bertz CT molecular complexity index is 1040. The molecule has 0 aliphatic carbocycles. The number of hydrogen-bond acceptors (Lipinski definition) is 4. The Kier molecular flexibility index (Phi) is 4.87. The van der Waals surface area contributed by atoms with Crippen LogP contribution in [0.2, 0.25) is 0 Å². The van der Waals surface area contributed by atoms with Gasteiger partial charge in [0.05, 0.1) is 17.3 Å². The quantitative estimate of drug-likeness (QED) is 0.719. The van der Waals surface area contributed by atoms with Gasteiger partial charge in [0.15, 0.2) is 5.13 Å². The van der Waals surface area contributed by atoms with Gasteiger partial charge in [-0.15, -0.1) is 11.3 Å². The second-order valence-corrected chi connectivity index (χ2v) is 7.25. The summed E-state index contributed by atoms with van der Waals surface area (Å²) >= 11 is 1.24. The van der Waals surface area contributed by atoms with Crippen molar-refractivity contribution in [1.82, 2.24) is 4.98 Å². The summed E-state index contributed by atoms with van der Waals surface area (Å²) in [5.74, 6) is -2.06. The number of hydrogen-bond donors (Lipinski definition) is 1. The molecular weight excluding hydrogens is 384 g/mol. The Labute approximate surface area is 163 Å². The molecule has 142 valence electrons. The van der Waals surface area contributed by atoms with Crippen LogP contribution in [0.1, 0.15) is 6.42 Å². The molecule has 0 radical (unpaired) electrons. The SMILES string of the molecule is O=C(Nc1nc(-c2ccc(F)cc2)cs1)[C@H]1CC(=O)N(c2ccccc2F)C1. The molecule has 1 aliphatic rings. The molecule has 0 saturated carbocycles. The first kappa shape index (κ1) is 18.2. The van der Waals surface area contributed by atoms with E-state index in [9.17, 15) is 18.4 Å². The number of carbonyl (C=O) groups is 2. The Hall–Kier alpha value is -3.13. The first-order valence-corrected chi connectivity index (χ1v) is 9.46. The van der Waals surface area contributed by atoms with E-state index in [4.69, 9.17) is 0 Å². The van der Waals surface area contributed by atoms with Crippen LogP contribution in [0.5, 0.6) is 0 Å². The number of anilines is 2. The Morgan fingerprint density at radius 2 is 1.89 bits per heavy atom. The van der Waals surface area contributed by atoms with Gasteiger partial charge in [0, 0.05) is 23.9 Å². The minimum Gasteiger partial charge on any atom is -0.309 e. The lowest BCUT2D eigenvalue weighted by molar-refractivity contribution is -0.122. The molecule has 28 heavy (non-hydrogen) atoms. The molecule has 0 spiro atoms. The van der Waals surface area contributed by atoms with Crippen molar-refractivity contribution in [2.75, 3.05) is 16.8 Å². The highest BCUT2D eigenvalue weighted by Crippen LogP contribution is 2.29. The molecule has 1 N–H and O–H groups in total. The van der Waals surface area contributed by atoms with Crippen molar-refractivity contribution < 1.29 is 18.4 Å². The maximum Gasteiger partial charge on any atom is 0.231 e. The summed E-state index contributed by atoms with van der Waals surface area (Å²) in [5, 5.41) is 4.86. The van der Waals surface area contributed by atoms with Crippen LogP contribution in [0.15, 0.2) is 53.9 Å². The van der Waals surface area contributed by atoms with Crippen LogP contribution in [0, 0.1) is 17.6 Å². The van der Waals surface area contributed by atoms with Crippen LogP contribution in [0.3, 0.4) is 0 Å². The van der Waals surface area contributed by atoms with E-state index >= 15 is 0 Å². The fourth-order valence-corrected chi connectivity index (χ4v) is 3.80. The lowest BCUT2D eigenvalue weighted by atomic mass is 10.1. The fourth-order valence-electron chi connectivity index (χ4n) is 3.08. The van der Waals surface area contributed by atoms with Crippen molar-refractivity contribution >= 4 is 34.0 Å². The van der Waals surface area contributed by atoms with Crippen molar-refractivity contribution in [3.05, 3.63) is 65.5 Å². The molecule has 2 aromatic carbocycles. The largest absolute Gasteiger partial charge is 0.309 e. The van der Waals surface area contributed by atoms with Gasteiger partial charge in [0.25, 0.3) is 0 Å². The van der Waals surface area contributed by atoms with Gasteiger partial charge in [0.2, 0.25) is 11.8 Å². The smallest absolute Gasteiger partial charge is 0.231 e. The number of thiazole rings is 1. The number of amides is 2. The second kappa shape index (κ2) is 7.47. The highest BCUT2D eigenvalue weighted by atomic mass is 32.1. The van der Waals surface area contributed by atoms with Gasteiger partial charge >= 0.3 is 0 Å². The summed E-state index contributed by atoms with van der Waals surface area (Å²) in [6.07, 6.45) is 0.0103. The third kappa shape index (κ3) is 3.63. The maximum absolute atomic E-state index is 14.0. The molecule has 2 amide bonds. The van der Waals surface area contributed by atoms with Gasteiger partial charge in [-0.3, -0.25) is 9.59 Å². The van der Waals surface area contributed by atoms with E-state index in [2.05, 4.69) is 10.3 Å². The monoisotopic (exact) mass is 399 g/mol. The minimum absolute atomic E-state index is 0.0103. The van der Waals surface area contributed by atoms with Gasteiger partial charge in [-0.1, -0.05) is 12.1 Å². The molecule has 0 bridgehead atoms. The van der Waals surface area contributed by atoms with E-state index in [-0.39, 0.29) is 36.3 Å². The lowest BCUT2D eigenvalue weighted by Crippen LogP contribution is -2.28. The van der Waals surface area contributed by atoms with Crippen molar-refractivity contribution in [2.45, 2.75) is 6.42 Å². The van der Waals surface area contributed by atoms with E-state index in [1.807, 2.05) is 0 Å². The second-order valence-electron chi connectivity index (χ2n) is 6.39. The summed E-state index contributed by atoms with van der Waals surface area (Å²) in [7, 11) is 0. The average Bonchev–Trinajstić information content (AvgIpc) is 3.30. The predicted molar refractivity (Wildman–Crippen MR) is 103 cm³/mol. The van der Waals surface area contributed by atoms with Crippen LogP contribution in [0.4, 0.5) is 19.6 Å². The molecule has 3 aromatic rings. The van der Waals surface area contributed by atoms with Gasteiger partial charge in [-0.05, 0) is 36.4 Å². The van der Waals surface area contributed by atoms with Crippen LogP contribution in [-0.2, 0) is 9.59 Å². The first-order valence-electron chi connectivity index (χ1n) is 8.58. The molecular formula is C20H15F2N3O2S. The molecule has 0 unspecified atom stereocenters. The number of rotatable bonds is 4. The molecule has 1 fully saturated rings. The standard InChI is InChI=1S/C20H15F2N3O2S/c21-14-7-5-12(6-8-14)16-11-28-20(23-16)24-19(27)13-9-18(26)25(10-13)17-4-2-1-3-15(17)22/h1-8,11,13H,9-10H2,(H,23,24,27)/t13-/m0/s1. The Morgan fingerprint density at radius 3 is 2.64 bits per heavy atom. The molecule has 4 rings (SSSR count). The van der Waals surface area contributed by atoms with E-state index in [1.54, 1.807) is 29.6 Å². The van der Waals surface area contributed by atoms with Crippen LogP contribution >= 0.6 is 11.3 Å². The summed E-state index contributed by atoms with van der Waals surface area (Å²) in [4.78, 5) is 30.4. The number of carbonyl (C=O) groups excluding carboxylic acids is 2. The van der Waals surface area contributed by atoms with Gasteiger partial charge in [-0.25, -0.2) is 13.8 Å². The predicted octanol–water partition coefficient (Wildman–Crippen LogP) is 4.08. The van der Waals surface area contributed by atoms with Crippen molar-refractivity contribution in [3.8, 4) is 11.3 Å². The number of halogens is 2. The van der Waals surface area contributed by atoms with E-state index in [0.29, 0.717) is 10.8 Å². The molecule has 1 saturated heterocycles. The number of benzene rings is 2. The third-order valence-electron chi connectivity index (χ3n) is 4.51. The third-order valence-corrected chi connectivity index (χ3v) is 5.27. The summed E-state index contributed by atoms with van der Waals surface area (Å²) in [6.45, 7) is 0.113. The van der Waals surface area contributed by atoms with E-state index in [1.165, 1.54) is 40.5 Å². The minimum atomic E-state index is -0.592. The number of nitrogens with zero attached hydrogens (tertiary/aromatic N) is 2. The van der Waals surface area contributed by atoms with E-state index < -0.39 is 11.7 Å². The first-order chi connectivity index (χ1) is 13.5. The Balaban J connectivity index is 1.44. The summed E-state index contributed by atoms with van der Waals surface area (Å²) in [6, 6.07) is 11.9. The van der Waals surface area contributed by atoms with Crippen molar-refractivity contribution in [3.63, 3.8) is 0 Å². The summed E-state index contributed by atoms with van der Waals surface area (Å²) in [5.41, 5.74) is 1.53. The van der Waals surface area contributed by atoms with Crippen molar-refractivity contribution in [1.29, 1.82) is 0 Å². The van der Waals surface area contributed by atoms with Gasteiger partial charge in [0.1, 0.15) is 11.6 Å². The summed E-state index contributed by atoms with van der Waals surface area (Å²) < 4.78 is 27.0. The van der Waals surface area contributed by atoms with Crippen LogP contribution in [0.25, 0.3) is 11.3 Å². The molecule has 8 heteroatoms. The molecule has 1 aromatic heterocycles. The van der Waals surface area contributed by atoms with Gasteiger partial charge in [-0.2, -0.15) is 0 Å².